The predicted octanol–water partition coefficient (Wildman–Crippen LogP) is 2.50. The minimum absolute atomic E-state index is 0.617. The molecule has 1 aromatic heterocycles. The van der Waals surface area contributed by atoms with E-state index in [2.05, 4.69) is 4.98 Å². The average molecular weight is 230 g/mol. The third-order valence-corrected chi connectivity index (χ3v) is 2.79. The number of aromatic nitrogens is 2. The van der Waals surface area contributed by atoms with Crippen LogP contribution in [0, 0.1) is 6.92 Å². The first-order chi connectivity index (χ1) is 8.09. The van der Waals surface area contributed by atoms with Gasteiger partial charge in [-0.25, -0.2) is 9.78 Å². The Kier molecular flexibility index (Phi) is 2.95. The van der Waals surface area contributed by atoms with Crippen LogP contribution in [0.5, 0.6) is 0 Å². The van der Waals surface area contributed by atoms with Crippen molar-refractivity contribution in [2.75, 3.05) is 0 Å². The summed E-state index contributed by atoms with van der Waals surface area (Å²) in [6, 6.07) is 7.32. The molecule has 17 heavy (non-hydrogen) atoms. The second-order valence-electron chi connectivity index (χ2n) is 4.07. The molecule has 4 heteroatoms. The maximum absolute atomic E-state index is 11.0. The van der Waals surface area contributed by atoms with Crippen molar-refractivity contribution in [2.24, 2.45) is 0 Å². The molecule has 0 spiro atoms. The summed E-state index contributed by atoms with van der Waals surface area (Å²) < 4.78 is 1.66. The lowest BCUT2D eigenvalue weighted by Gasteiger charge is -2.12. The minimum Gasteiger partial charge on any atom is -0.480 e. The van der Waals surface area contributed by atoms with Gasteiger partial charge in [-0.15, -0.1) is 0 Å². The van der Waals surface area contributed by atoms with E-state index in [1.54, 1.807) is 24.0 Å². The standard InChI is InChI=1S/C13H14N2O2/c1-9-3-5-11(6-4-9)12-7-14-8-15(12)10(2)13(16)17/h3-8,10H,1-2H3,(H,16,17). The number of hydrogen-bond donors (Lipinski definition) is 1. The maximum atomic E-state index is 11.0. The van der Waals surface area contributed by atoms with Crippen LogP contribution in [0.3, 0.4) is 0 Å². The van der Waals surface area contributed by atoms with E-state index in [1.165, 1.54) is 5.56 Å². The zero-order valence-corrected chi connectivity index (χ0v) is 9.79. The lowest BCUT2D eigenvalue weighted by molar-refractivity contribution is -0.140. The zero-order chi connectivity index (χ0) is 12.4. The van der Waals surface area contributed by atoms with Gasteiger partial charge in [0.25, 0.3) is 0 Å². The van der Waals surface area contributed by atoms with Gasteiger partial charge in [-0.1, -0.05) is 29.8 Å². The van der Waals surface area contributed by atoms with Crippen LogP contribution in [-0.4, -0.2) is 20.6 Å². The van der Waals surface area contributed by atoms with Gasteiger partial charge in [-0.2, -0.15) is 0 Å². The van der Waals surface area contributed by atoms with Crippen LogP contribution in [0.4, 0.5) is 0 Å². The van der Waals surface area contributed by atoms with Gasteiger partial charge in [-0.3, -0.25) is 0 Å². The molecule has 0 saturated carbocycles. The lowest BCUT2D eigenvalue weighted by Crippen LogP contribution is -2.15. The summed E-state index contributed by atoms with van der Waals surface area (Å²) in [6.45, 7) is 3.66. The second-order valence-corrected chi connectivity index (χ2v) is 4.07. The molecule has 0 aliphatic carbocycles. The third kappa shape index (κ3) is 2.20. The molecule has 0 aliphatic rings. The highest BCUT2D eigenvalue weighted by atomic mass is 16.4. The van der Waals surface area contributed by atoms with Gasteiger partial charge in [0.1, 0.15) is 6.04 Å². The first-order valence-electron chi connectivity index (χ1n) is 5.41. The smallest absolute Gasteiger partial charge is 0.326 e. The number of carbonyl (C=O) groups is 1. The number of rotatable bonds is 3. The minimum atomic E-state index is -0.864. The fraction of sp³-hybridized carbons (Fsp3) is 0.231. The Morgan fingerprint density at radius 2 is 2.00 bits per heavy atom. The number of nitrogens with zero attached hydrogens (tertiary/aromatic N) is 2. The number of carboxylic acids is 1. The summed E-state index contributed by atoms with van der Waals surface area (Å²) in [5, 5.41) is 9.02. The number of hydrogen-bond acceptors (Lipinski definition) is 2. The molecule has 88 valence electrons. The highest BCUT2D eigenvalue weighted by Gasteiger charge is 2.16. The Hall–Kier alpha value is -2.10. The van der Waals surface area contributed by atoms with Crippen molar-refractivity contribution in [1.29, 1.82) is 0 Å². The van der Waals surface area contributed by atoms with E-state index >= 15 is 0 Å². The van der Waals surface area contributed by atoms with Gasteiger partial charge in [0.2, 0.25) is 0 Å². The zero-order valence-electron chi connectivity index (χ0n) is 9.79. The lowest BCUT2D eigenvalue weighted by atomic mass is 10.1. The van der Waals surface area contributed by atoms with Gasteiger partial charge in [-0.05, 0) is 19.4 Å². The summed E-state index contributed by atoms with van der Waals surface area (Å²) >= 11 is 0. The van der Waals surface area contributed by atoms with Crippen molar-refractivity contribution in [1.82, 2.24) is 9.55 Å². The van der Waals surface area contributed by atoms with E-state index in [-0.39, 0.29) is 0 Å². The Morgan fingerprint density at radius 3 is 2.59 bits per heavy atom. The van der Waals surface area contributed by atoms with Crippen molar-refractivity contribution in [3.8, 4) is 11.3 Å². The average Bonchev–Trinajstić information content (AvgIpc) is 2.77. The van der Waals surface area contributed by atoms with Gasteiger partial charge in [0, 0.05) is 0 Å². The van der Waals surface area contributed by atoms with Crippen molar-refractivity contribution < 1.29 is 9.90 Å². The van der Waals surface area contributed by atoms with Crippen LogP contribution in [0.15, 0.2) is 36.8 Å². The summed E-state index contributed by atoms with van der Waals surface area (Å²) in [4.78, 5) is 15.0. The van der Waals surface area contributed by atoms with Crippen molar-refractivity contribution in [2.45, 2.75) is 19.9 Å². The van der Waals surface area contributed by atoms with Gasteiger partial charge >= 0.3 is 5.97 Å². The van der Waals surface area contributed by atoms with Gasteiger partial charge in [0.15, 0.2) is 0 Å². The van der Waals surface area contributed by atoms with Crippen molar-refractivity contribution >= 4 is 5.97 Å². The molecule has 1 N–H and O–H groups in total. The van der Waals surface area contributed by atoms with Crippen LogP contribution in [-0.2, 0) is 4.79 Å². The summed E-state index contributed by atoms with van der Waals surface area (Å²) in [5.41, 5.74) is 2.96. The summed E-state index contributed by atoms with van der Waals surface area (Å²) in [7, 11) is 0. The molecule has 1 atom stereocenters. The molecule has 4 nitrogen and oxygen atoms in total. The number of carboxylic acid groups (broad SMARTS) is 1. The van der Waals surface area contributed by atoms with E-state index in [0.717, 1.165) is 11.3 Å². The summed E-state index contributed by atoms with van der Waals surface area (Å²) in [6.07, 6.45) is 3.23. The molecular weight excluding hydrogens is 216 g/mol. The number of benzene rings is 1. The largest absolute Gasteiger partial charge is 0.480 e. The highest BCUT2D eigenvalue weighted by molar-refractivity contribution is 5.73. The first kappa shape index (κ1) is 11.4. The predicted molar refractivity (Wildman–Crippen MR) is 64.7 cm³/mol. The Bertz CT molecular complexity index is 529. The molecule has 2 rings (SSSR count). The van der Waals surface area contributed by atoms with Crippen LogP contribution in [0.2, 0.25) is 0 Å². The molecule has 1 unspecified atom stereocenters. The van der Waals surface area contributed by atoms with Crippen molar-refractivity contribution in [3.63, 3.8) is 0 Å². The molecule has 0 amide bonds. The third-order valence-electron chi connectivity index (χ3n) is 2.79. The first-order valence-corrected chi connectivity index (χ1v) is 5.41. The van der Waals surface area contributed by atoms with Crippen molar-refractivity contribution in [3.05, 3.63) is 42.4 Å². The Morgan fingerprint density at radius 1 is 1.35 bits per heavy atom. The van der Waals surface area contributed by atoms with Gasteiger partial charge in [0.05, 0.1) is 18.2 Å². The van der Waals surface area contributed by atoms with Gasteiger partial charge < -0.3 is 9.67 Å². The number of aryl methyl sites for hydroxylation is 1. The van der Waals surface area contributed by atoms with Crippen LogP contribution < -0.4 is 0 Å². The van der Waals surface area contributed by atoms with E-state index in [9.17, 15) is 4.79 Å². The Labute approximate surface area is 99.5 Å². The van der Waals surface area contributed by atoms with Crippen LogP contribution >= 0.6 is 0 Å². The molecule has 0 radical (unpaired) electrons. The Balaban J connectivity index is 2.43. The van der Waals surface area contributed by atoms with Crippen LogP contribution in [0.1, 0.15) is 18.5 Å². The van der Waals surface area contributed by atoms with Crippen LogP contribution in [0.25, 0.3) is 11.3 Å². The molecule has 1 aromatic carbocycles. The fourth-order valence-electron chi connectivity index (χ4n) is 1.68. The fourth-order valence-corrected chi connectivity index (χ4v) is 1.68. The molecule has 1 heterocycles. The van der Waals surface area contributed by atoms with E-state index < -0.39 is 12.0 Å². The number of aliphatic carboxylic acids is 1. The normalized spacial score (nSPS) is 12.4. The quantitative estimate of drug-likeness (QED) is 0.881. The SMILES string of the molecule is Cc1ccc(-c2cncn2C(C)C(=O)O)cc1. The molecule has 0 aliphatic heterocycles. The molecule has 2 aromatic rings. The summed E-state index contributed by atoms with van der Waals surface area (Å²) in [5.74, 6) is -0.864. The molecular formula is C13H14N2O2. The number of imidazole rings is 1. The monoisotopic (exact) mass is 230 g/mol. The molecule has 0 fully saturated rings. The van der Waals surface area contributed by atoms with E-state index in [0.29, 0.717) is 0 Å². The second kappa shape index (κ2) is 4.41. The molecule has 0 saturated heterocycles. The van der Waals surface area contributed by atoms with E-state index in [4.69, 9.17) is 5.11 Å². The topological polar surface area (TPSA) is 55.1 Å². The maximum Gasteiger partial charge on any atom is 0.326 e. The molecule has 0 bridgehead atoms. The van der Waals surface area contributed by atoms with E-state index in [1.807, 2.05) is 31.2 Å². The highest BCUT2D eigenvalue weighted by Crippen LogP contribution is 2.22.